The van der Waals surface area contributed by atoms with Crippen LogP contribution in [0.4, 0.5) is 4.39 Å². The maximum Gasteiger partial charge on any atom is 0.127 e. The van der Waals surface area contributed by atoms with E-state index in [9.17, 15) is 4.39 Å². The van der Waals surface area contributed by atoms with Gasteiger partial charge in [0.05, 0.1) is 0 Å². The molecule has 94 valence electrons. The molecule has 1 aliphatic heterocycles. The Kier molecular flexibility index (Phi) is 4.51. The van der Waals surface area contributed by atoms with Crippen molar-refractivity contribution in [3.63, 3.8) is 0 Å². The minimum atomic E-state index is -0.108. The summed E-state index contributed by atoms with van der Waals surface area (Å²) in [4.78, 5) is 2.37. The van der Waals surface area contributed by atoms with Gasteiger partial charge in [-0.15, -0.1) is 0 Å². The molecule has 1 aromatic carbocycles. The van der Waals surface area contributed by atoms with Crippen molar-refractivity contribution in [2.75, 3.05) is 26.7 Å². The van der Waals surface area contributed by atoms with E-state index in [1.54, 1.807) is 6.07 Å². The van der Waals surface area contributed by atoms with E-state index in [0.717, 1.165) is 18.0 Å². The smallest absolute Gasteiger partial charge is 0.127 e. The predicted octanol–water partition coefficient (Wildman–Crippen LogP) is 2.26. The highest BCUT2D eigenvalue weighted by molar-refractivity contribution is 5.16. The minimum Gasteiger partial charge on any atom is -0.312 e. The van der Waals surface area contributed by atoms with Crippen molar-refractivity contribution >= 4 is 0 Å². The first-order chi connectivity index (χ1) is 8.25. The number of piperidine rings is 1. The minimum absolute atomic E-state index is 0.108. The van der Waals surface area contributed by atoms with Gasteiger partial charge in [-0.2, -0.15) is 0 Å². The number of likely N-dealkylation sites (tertiary alicyclic amines) is 1. The Bertz CT molecular complexity index is 346. The lowest BCUT2D eigenvalue weighted by Gasteiger charge is -2.29. The zero-order valence-electron chi connectivity index (χ0n) is 10.5. The Morgan fingerprint density at radius 1 is 1.29 bits per heavy atom. The van der Waals surface area contributed by atoms with E-state index in [0.29, 0.717) is 6.54 Å². The second-order valence-corrected chi connectivity index (χ2v) is 4.97. The molecule has 17 heavy (non-hydrogen) atoms. The number of nitrogens with one attached hydrogen (secondary N) is 1. The van der Waals surface area contributed by atoms with E-state index in [4.69, 9.17) is 0 Å². The van der Waals surface area contributed by atoms with Crippen LogP contribution in [0.3, 0.4) is 0 Å². The molecule has 1 heterocycles. The fourth-order valence-electron chi connectivity index (χ4n) is 2.32. The molecule has 1 N–H and O–H groups in total. The summed E-state index contributed by atoms with van der Waals surface area (Å²) in [5.41, 5.74) is 0.764. The van der Waals surface area contributed by atoms with Crippen LogP contribution in [0, 0.1) is 11.7 Å². The molecule has 1 aliphatic rings. The van der Waals surface area contributed by atoms with Gasteiger partial charge in [0, 0.05) is 12.1 Å². The first-order valence-corrected chi connectivity index (χ1v) is 6.38. The summed E-state index contributed by atoms with van der Waals surface area (Å²) in [5, 5.41) is 3.37. The lowest BCUT2D eigenvalue weighted by Crippen LogP contribution is -2.34. The summed E-state index contributed by atoms with van der Waals surface area (Å²) < 4.78 is 13.4. The second kappa shape index (κ2) is 6.12. The van der Waals surface area contributed by atoms with Crippen LogP contribution in [-0.2, 0) is 6.54 Å². The van der Waals surface area contributed by atoms with Crippen molar-refractivity contribution in [2.24, 2.45) is 5.92 Å². The van der Waals surface area contributed by atoms with Gasteiger partial charge in [0.15, 0.2) is 0 Å². The molecule has 0 aromatic heterocycles. The molecule has 1 aromatic rings. The van der Waals surface area contributed by atoms with E-state index in [1.165, 1.54) is 32.0 Å². The monoisotopic (exact) mass is 236 g/mol. The number of nitrogens with zero attached hydrogens (tertiary/aromatic N) is 1. The van der Waals surface area contributed by atoms with Crippen molar-refractivity contribution in [2.45, 2.75) is 19.4 Å². The van der Waals surface area contributed by atoms with E-state index in [1.807, 2.05) is 12.1 Å². The van der Waals surface area contributed by atoms with E-state index >= 15 is 0 Å². The molecule has 1 fully saturated rings. The predicted molar refractivity (Wildman–Crippen MR) is 68.3 cm³/mol. The first-order valence-electron chi connectivity index (χ1n) is 6.38. The Morgan fingerprint density at radius 3 is 2.71 bits per heavy atom. The number of benzene rings is 1. The average molecular weight is 236 g/mol. The summed E-state index contributed by atoms with van der Waals surface area (Å²) in [6.45, 7) is 4.01. The number of rotatable bonds is 4. The molecular weight excluding hydrogens is 215 g/mol. The zero-order chi connectivity index (χ0) is 12.1. The summed E-state index contributed by atoms with van der Waals surface area (Å²) in [5.74, 6) is 0.640. The topological polar surface area (TPSA) is 15.3 Å². The highest BCUT2D eigenvalue weighted by Crippen LogP contribution is 2.15. The molecule has 0 unspecified atom stereocenters. The van der Waals surface area contributed by atoms with Gasteiger partial charge in [0.2, 0.25) is 0 Å². The summed E-state index contributed by atoms with van der Waals surface area (Å²) >= 11 is 0. The van der Waals surface area contributed by atoms with Crippen molar-refractivity contribution in [1.29, 1.82) is 0 Å². The maximum absolute atomic E-state index is 13.4. The molecule has 0 bridgehead atoms. The van der Waals surface area contributed by atoms with Gasteiger partial charge in [0.1, 0.15) is 5.82 Å². The van der Waals surface area contributed by atoms with Crippen LogP contribution in [0.1, 0.15) is 18.4 Å². The quantitative estimate of drug-likeness (QED) is 0.862. The van der Waals surface area contributed by atoms with Crippen LogP contribution in [0.2, 0.25) is 0 Å². The fourth-order valence-corrected chi connectivity index (χ4v) is 2.32. The molecule has 0 saturated carbocycles. The first kappa shape index (κ1) is 12.5. The third-order valence-corrected chi connectivity index (χ3v) is 3.54. The van der Waals surface area contributed by atoms with Gasteiger partial charge in [-0.05, 0) is 51.5 Å². The standard InChI is InChI=1S/C14H21FN2/c1-17-8-6-12(7-9-17)10-16-11-13-4-2-3-5-14(13)15/h2-5,12,16H,6-11H2,1H3. The Morgan fingerprint density at radius 2 is 2.00 bits per heavy atom. The van der Waals surface area contributed by atoms with Crippen molar-refractivity contribution in [3.05, 3.63) is 35.6 Å². The van der Waals surface area contributed by atoms with Crippen molar-refractivity contribution in [1.82, 2.24) is 10.2 Å². The molecule has 0 spiro atoms. The van der Waals surface area contributed by atoms with Crippen LogP contribution in [0.15, 0.2) is 24.3 Å². The SMILES string of the molecule is CN1CCC(CNCc2ccccc2F)CC1. The second-order valence-electron chi connectivity index (χ2n) is 4.97. The van der Waals surface area contributed by atoms with Gasteiger partial charge in [-0.1, -0.05) is 18.2 Å². The molecule has 0 amide bonds. The fraction of sp³-hybridized carbons (Fsp3) is 0.571. The van der Waals surface area contributed by atoms with Crippen LogP contribution in [0.5, 0.6) is 0 Å². The molecule has 3 heteroatoms. The summed E-state index contributed by atoms with van der Waals surface area (Å²) in [6, 6.07) is 6.98. The van der Waals surface area contributed by atoms with Gasteiger partial charge < -0.3 is 10.2 Å². The Labute approximate surface area is 103 Å². The maximum atomic E-state index is 13.4. The van der Waals surface area contributed by atoms with Crippen LogP contribution in [0.25, 0.3) is 0 Å². The molecule has 2 nitrogen and oxygen atoms in total. The summed E-state index contributed by atoms with van der Waals surface area (Å²) in [6.07, 6.45) is 2.50. The molecule has 0 radical (unpaired) electrons. The largest absolute Gasteiger partial charge is 0.312 e. The third kappa shape index (κ3) is 3.79. The van der Waals surface area contributed by atoms with Gasteiger partial charge in [0.25, 0.3) is 0 Å². The lowest BCUT2D eigenvalue weighted by atomic mass is 9.97. The van der Waals surface area contributed by atoms with Crippen molar-refractivity contribution < 1.29 is 4.39 Å². The third-order valence-electron chi connectivity index (χ3n) is 3.54. The zero-order valence-corrected chi connectivity index (χ0v) is 10.5. The average Bonchev–Trinajstić information content (AvgIpc) is 2.34. The molecule has 2 rings (SSSR count). The van der Waals surface area contributed by atoms with Gasteiger partial charge in [-0.3, -0.25) is 0 Å². The Hall–Kier alpha value is -0.930. The normalized spacial score (nSPS) is 18.5. The van der Waals surface area contributed by atoms with Crippen LogP contribution in [-0.4, -0.2) is 31.6 Å². The van der Waals surface area contributed by atoms with Crippen LogP contribution >= 0.6 is 0 Å². The lowest BCUT2D eigenvalue weighted by molar-refractivity contribution is 0.216. The molecule has 1 saturated heterocycles. The van der Waals surface area contributed by atoms with E-state index in [-0.39, 0.29) is 5.82 Å². The van der Waals surface area contributed by atoms with Crippen LogP contribution < -0.4 is 5.32 Å². The van der Waals surface area contributed by atoms with E-state index in [2.05, 4.69) is 17.3 Å². The number of hydrogen-bond acceptors (Lipinski definition) is 2. The molecular formula is C14H21FN2. The summed E-state index contributed by atoms with van der Waals surface area (Å²) in [7, 11) is 2.17. The molecule has 0 aliphatic carbocycles. The van der Waals surface area contributed by atoms with Gasteiger partial charge >= 0.3 is 0 Å². The van der Waals surface area contributed by atoms with E-state index < -0.39 is 0 Å². The number of hydrogen-bond donors (Lipinski definition) is 1. The highest BCUT2D eigenvalue weighted by Gasteiger charge is 2.15. The van der Waals surface area contributed by atoms with Crippen molar-refractivity contribution in [3.8, 4) is 0 Å². The highest BCUT2D eigenvalue weighted by atomic mass is 19.1. The number of halogens is 1. The molecule has 0 atom stereocenters. The van der Waals surface area contributed by atoms with Gasteiger partial charge in [-0.25, -0.2) is 4.39 Å². The Balaban J connectivity index is 1.71.